The van der Waals surface area contributed by atoms with E-state index in [0.717, 1.165) is 12.0 Å². The summed E-state index contributed by atoms with van der Waals surface area (Å²) < 4.78 is 5.27. The topological polar surface area (TPSA) is 46.6 Å². The van der Waals surface area contributed by atoms with Crippen LogP contribution in [-0.4, -0.2) is 29.9 Å². The standard InChI is InChI=1S/C15H19NO3/c1-2-13-10-16(9-8-14(13)17)15(18)19-11-12-6-4-3-5-7-12/h3-7,13H,2,8-11H2,1H3/t13-/m1/s1. The van der Waals surface area contributed by atoms with E-state index in [9.17, 15) is 9.59 Å². The van der Waals surface area contributed by atoms with Crippen LogP contribution in [-0.2, 0) is 16.1 Å². The zero-order valence-electron chi connectivity index (χ0n) is 11.2. The predicted octanol–water partition coefficient (Wildman–Crippen LogP) is 2.62. The van der Waals surface area contributed by atoms with E-state index in [-0.39, 0.29) is 24.4 Å². The van der Waals surface area contributed by atoms with Crippen LogP contribution in [0.5, 0.6) is 0 Å². The zero-order valence-corrected chi connectivity index (χ0v) is 11.2. The molecule has 1 atom stereocenters. The quantitative estimate of drug-likeness (QED) is 0.840. The highest BCUT2D eigenvalue weighted by atomic mass is 16.6. The van der Waals surface area contributed by atoms with Crippen LogP contribution in [0.4, 0.5) is 4.79 Å². The SMILES string of the molecule is CC[C@@H]1CN(C(=O)OCc2ccccc2)CCC1=O. The number of carbonyl (C=O) groups is 2. The van der Waals surface area contributed by atoms with Crippen molar-refractivity contribution in [2.24, 2.45) is 5.92 Å². The first-order valence-electron chi connectivity index (χ1n) is 6.69. The lowest BCUT2D eigenvalue weighted by molar-refractivity contribution is -0.125. The molecule has 0 radical (unpaired) electrons. The van der Waals surface area contributed by atoms with Gasteiger partial charge in [-0.15, -0.1) is 0 Å². The zero-order chi connectivity index (χ0) is 13.7. The van der Waals surface area contributed by atoms with E-state index in [4.69, 9.17) is 4.74 Å². The molecule has 0 spiro atoms. The van der Waals surface area contributed by atoms with E-state index in [2.05, 4.69) is 0 Å². The van der Waals surface area contributed by atoms with Gasteiger partial charge < -0.3 is 9.64 Å². The van der Waals surface area contributed by atoms with Crippen molar-refractivity contribution in [3.8, 4) is 0 Å². The highest BCUT2D eigenvalue weighted by Gasteiger charge is 2.29. The Bertz CT molecular complexity index is 444. The predicted molar refractivity (Wildman–Crippen MR) is 71.6 cm³/mol. The highest BCUT2D eigenvalue weighted by Crippen LogP contribution is 2.17. The van der Waals surface area contributed by atoms with E-state index in [1.54, 1.807) is 4.90 Å². The average Bonchev–Trinajstić information content (AvgIpc) is 2.46. The molecule has 0 saturated carbocycles. The Morgan fingerprint density at radius 2 is 2.11 bits per heavy atom. The molecule has 0 aromatic heterocycles. The fourth-order valence-electron chi connectivity index (χ4n) is 2.24. The van der Waals surface area contributed by atoms with Gasteiger partial charge in [-0.1, -0.05) is 37.3 Å². The van der Waals surface area contributed by atoms with Crippen LogP contribution in [0, 0.1) is 5.92 Å². The van der Waals surface area contributed by atoms with Crippen molar-refractivity contribution in [1.82, 2.24) is 4.90 Å². The normalized spacial score (nSPS) is 19.3. The number of amides is 1. The van der Waals surface area contributed by atoms with Crippen molar-refractivity contribution in [3.05, 3.63) is 35.9 Å². The monoisotopic (exact) mass is 261 g/mol. The molecule has 1 aliphatic heterocycles. The van der Waals surface area contributed by atoms with Gasteiger partial charge in [0.2, 0.25) is 0 Å². The van der Waals surface area contributed by atoms with E-state index >= 15 is 0 Å². The van der Waals surface area contributed by atoms with Gasteiger partial charge in [-0.25, -0.2) is 4.79 Å². The number of Topliss-reactive ketones (excluding diaryl/α,β-unsaturated/α-hetero) is 1. The Morgan fingerprint density at radius 1 is 1.37 bits per heavy atom. The Kier molecular flexibility index (Phi) is 4.55. The van der Waals surface area contributed by atoms with Gasteiger partial charge in [0.1, 0.15) is 12.4 Å². The first-order chi connectivity index (χ1) is 9.20. The number of piperidine rings is 1. The maximum absolute atomic E-state index is 11.9. The number of hydrogen-bond donors (Lipinski definition) is 0. The van der Waals surface area contributed by atoms with Crippen LogP contribution < -0.4 is 0 Å². The minimum Gasteiger partial charge on any atom is -0.445 e. The average molecular weight is 261 g/mol. The second-order valence-electron chi connectivity index (χ2n) is 4.81. The smallest absolute Gasteiger partial charge is 0.410 e. The lowest BCUT2D eigenvalue weighted by Crippen LogP contribution is -2.44. The van der Waals surface area contributed by atoms with E-state index in [1.165, 1.54) is 0 Å². The summed E-state index contributed by atoms with van der Waals surface area (Å²) in [6.07, 6.45) is 0.898. The lowest BCUT2D eigenvalue weighted by Gasteiger charge is -2.30. The molecule has 102 valence electrons. The van der Waals surface area contributed by atoms with Crippen LogP contribution in [0.15, 0.2) is 30.3 Å². The van der Waals surface area contributed by atoms with Crippen LogP contribution in [0.1, 0.15) is 25.3 Å². The molecule has 1 saturated heterocycles. The molecular formula is C15H19NO3. The van der Waals surface area contributed by atoms with Gasteiger partial charge >= 0.3 is 6.09 Å². The maximum Gasteiger partial charge on any atom is 0.410 e. The minimum atomic E-state index is -0.324. The minimum absolute atomic E-state index is 0.0296. The molecule has 0 aliphatic carbocycles. The number of hydrogen-bond acceptors (Lipinski definition) is 3. The Balaban J connectivity index is 1.85. The number of carbonyl (C=O) groups excluding carboxylic acids is 2. The molecule has 4 nitrogen and oxygen atoms in total. The Labute approximate surface area is 113 Å². The Morgan fingerprint density at radius 3 is 2.79 bits per heavy atom. The number of benzene rings is 1. The van der Waals surface area contributed by atoms with Gasteiger partial charge in [0, 0.05) is 25.4 Å². The molecule has 1 amide bonds. The first kappa shape index (κ1) is 13.6. The van der Waals surface area contributed by atoms with Crippen LogP contribution in [0.3, 0.4) is 0 Å². The number of nitrogens with zero attached hydrogens (tertiary/aromatic N) is 1. The molecule has 0 N–H and O–H groups in total. The van der Waals surface area contributed by atoms with Crippen molar-refractivity contribution in [2.45, 2.75) is 26.4 Å². The summed E-state index contributed by atoms with van der Waals surface area (Å²) in [5.41, 5.74) is 0.968. The summed E-state index contributed by atoms with van der Waals surface area (Å²) in [5, 5.41) is 0. The summed E-state index contributed by atoms with van der Waals surface area (Å²) >= 11 is 0. The third-order valence-corrected chi connectivity index (χ3v) is 3.48. The second-order valence-corrected chi connectivity index (χ2v) is 4.81. The molecule has 1 heterocycles. The van der Waals surface area contributed by atoms with Crippen molar-refractivity contribution in [1.29, 1.82) is 0 Å². The third kappa shape index (κ3) is 3.56. The third-order valence-electron chi connectivity index (χ3n) is 3.48. The summed E-state index contributed by atoms with van der Waals surface area (Å²) in [7, 11) is 0. The van der Waals surface area contributed by atoms with Crippen LogP contribution in [0.2, 0.25) is 0 Å². The molecule has 2 rings (SSSR count). The molecule has 1 fully saturated rings. The fraction of sp³-hybridized carbons (Fsp3) is 0.467. The number of ether oxygens (including phenoxy) is 1. The molecule has 1 aliphatic rings. The fourth-order valence-corrected chi connectivity index (χ4v) is 2.24. The lowest BCUT2D eigenvalue weighted by atomic mass is 9.94. The number of rotatable bonds is 3. The molecule has 19 heavy (non-hydrogen) atoms. The van der Waals surface area contributed by atoms with E-state index < -0.39 is 0 Å². The van der Waals surface area contributed by atoms with Crippen molar-refractivity contribution in [2.75, 3.05) is 13.1 Å². The molecule has 0 unspecified atom stereocenters. The number of ketones is 1. The van der Waals surface area contributed by atoms with Crippen molar-refractivity contribution < 1.29 is 14.3 Å². The van der Waals surface area contributed by atoms with Gasteiger partial charge in [0.05, 0.1) is 0 Å². The van der Waals surface area contributed by atoms with Crippen LogP contribution in [0.25, 0.3) is 0 Å². The highest BCUT2D eigenvalue weighted by molar-refractivity contribution is 5.83. The summed E-state index contributed by atoms with van der Waals surface area (Å²) in [5.74, 6) is 0.229. The molecular weight excluding hydrogens is 242 g/mol. The van der Waals surface area contributed by atoms with E-state index in [1.807, 2.05) is 37.3 Å². The molecule has 1 aromatic carbocycles. The van der Waals surface area contributed by atoms with Gasteiger partial charge in [-0.05, 0) is 12.0 Å². The second kappa shape index (κ2) is 6.36. The summed E-state index contributed by atoms with van der Waals surface area (Å²) in [6, 6.07) is 9.59. The van der Waals surface area contributed by atoms with Gasteiger partial charge in [0.15, 0.2) is 0 Å². The van der Waals surface area contributed by atoms with Crippen molar-refractivity contribution in [3.63, 3.8) is 0 Å². The van der Waals surface area contributed by atoms with Gasteiger partial charge in [-0.3, -0.25) is 4.79 Å². The largest absolute Gasteiger partial charge is 0.445 e. The van der Waals surface area contributed by atoms with Crippen molar-refractivity contribution >= 4 is 11.9 Å². The van der Waals surface area contributed by atoms with Crippen LogP contribution >= 0.6 is 0 Å². The summed E-state index contributed by atoms with van der Waals surface area (Å²) in [6.45, 7) is 3.22. The number of likely N-dealkylation sites (tertiary alicyclic amines) is 1. The Hall–Kier alpha value is -1.84. The summed E-state index contributed by atoms with van der Waals surface area (Å²) in [4.78, 5) is 25.2. The first-order valence-corrected chi connectivity index (χ1v) is 6.69. The maximum atomic E-state index is 11.9. The van der Waals surface area contributed by atoms with Gasteiger partial charge in [0.25, 0.3) is 0 Å². The van der Waals surface area contributed by atoms with E-state index in [0.29, 0.717) is 19.5 Å². The molecule has 1 aromatic rings. The molecule has 0 bridgehead atoms. The van der Waals surface area contributed by atoms with Gasteiger partial charge in [-0.2, -0.15) is 0 Å². The molecule has 4 heteroatoms.